The maximum atomic E-state index is 12.0. The highest BCUT2D eigenvalue weighted by Crippen LogP contribution is 2.28. The van der Waals surface area contributed by atoms with Crippen molar-refractivity contribution in [2.24, 2.45) is 23.5 Å². The molecule has 1 amide bonds. The Morgan fingerprint density at radius 1 is 1.18 bits per heavy atom. The van der Waals surface area contributed by atoms with Crippen molar-refractivity contribution in [1.82, 2.24) is 5.32 Å². The van der Waals surface area contributed by atoms with Crippen LogP contribution in [0.25, 0.3) is 0 Å². The first-order valence-corrected chi connectivity index (χ1v) is 6.85. The molecule has 0 aromatic carbocycles. The van der Waals surface area contributed by atoms with Gasteiger partial charge >= 0.3 is 0 Å². The van der Waals surface area contributed by atoms with Crippen molar-refractivity contribution in [2.45, 2.75) is 32.1 Å². The van der Waals surface area contributed by atoms with E-state index in [1.54, 1.807) is 0 Å². The average Bonchev–Trinajstić information content (AvgIpc) is 2.89. The van der Waals surface area contributed by atoms with E-state index in [9.17, 15) is 4.79 Å². The van der Waals surface area contributed by atoms with Crippen molar-refractivity contribution < 1.29 is 9.53 Å². The quantitative estimate of drug-likeness (QED) is 0.767. The second kappa shape index (κ2) is 6.36. The monoisotopic (exact) mass is 240 g/mol. The zero-order valence-corrected chi connectivity index (χ0v) is 10.5. The first kappa shape index (κ1) is 12.8. The Labute approximate surface area is 103 Å². The molecule has 0 aromatic heterocycles. The standard InChI is InChI=1S/C13H24N2O2/c14-7-10-1-3-12(4-2-10)13(16)15-8-11-5-6-17-9-11/h10-12H,1-9,14H2,(H,15,16). The molecule has 0 bridgehead atoms. The third-order valence-corrected chi connectivity index (χ3v) is 4.14. The summed E-state index contributed by atoms with van der Waals surface area (Å²) in [7, 11) is 0. The summed E-state index contributed by atoms with van der Waals surface area (Å²) in [5, 5.41) is 3.08. The summed E-state index contributed by atoms with van der Waals surface area (Å²) in [4.78, 5) is 12.0. The fourth-order valence-electron chi connectivity index (χ4n) is 2.79. The molecule has 4 heteroatoms. The van der Waals surface area contributed by atoms with Crippen LogP contribution in [0.1, 0.15) is 32.1 Å². The molecule has 0 aromatic rings. The average molecular weight is 240 g/mol. The summed E-state index contributed by atoms with van der Waals surface area (Å²) in [6.07, 6.45) is 5.33. The molecule has 0 radical (unpaired) electrons. The maximum Gasteiger partial charge on any atom is 0.223 e. The number of nitrogens with two attached hydrogens (primary N) is 1. The van der Waals surface area contributed by atoms with Gasteiger partial charge in [-0.05, 0) is 44.6 Å². The normalized spacial score (nSPS) is 33.6. The third-order valence-electron chi connectivity index (χ3n) is 4.14. The number of hydrogen-bond acceptors (Lipinski definition) is 3. The van der Waals surface area contributed by atoms with Crippen molar-refractivity contribution >= 4 is 5.91 Å². The fraction of sp³-hybridized carbons (Fsp3) is 0.923. The molecule has 2 rings (SSSR count). The molecule has 0 spiro atoms. The molecule has 2 fully saturated rings. The summed E-state index contributed by atoms with van der Waals surface area (Å²) in [6.45, 7) is 3.21. The van der Waals surface area contributed by atoms with Crippen LogP contribution in [0.5, 0.6) is 0 Å². The van der Waals surface area contributed by atoms with Gasteiger partial charge in [-0.2, -0.15) is 0 Å². The van der Waals surface area contributed by atoms with Gasteiger partial charge in [-0.1, -0.05) is 0 Å². The van der Waals surface area contributed by atoms with Gasteiger partial charge in [0.1, 0.15) is 0 Å². The van der Waals surface area contributed by atoms with Crippen molar-refractivity contribution in [1.29, 1.82) is 0 Å². The lowest BCUT2D eigenvalue weighted by atomic mass is 9.81. The first-order valence-electron chi connectivity index (χ1n) is 6.85. The molecule has 3 N–H and O–H groups in total. The Kier molecular flexibility index (Phi) is 4.80. The molecule has 98 valence electrons. The van der Waals surface area contributed by atoms with E-state index >= 15 is 0 Å². The van der Waals surface area contributed by atoms with Crippen LogP contribution in [0.15, 0.2) is 0 Å². The predicted molar refractivity (Wildman–Crippen MR) is 66.4 cm³/mol. The van der Waals surface area contributed by atoms with Crippen LogP contribution in [-0.4, -0.2) is 32.2 Å². The van der Waals surface area contributed by atoms with Gasteiger partial charge in [-0.15, -0.1) is 0 Å². The van der Waals surface area contributed by atoms with E-state index in [1.807, 2.05) is 0 Å². The van der Waals surface area contributed by atoms with E-state index in [1.165, 1.54) is 0 Å². The van der Waals surface area contributed by atoms with Crippen LogP contribution in [0.4, 0.5) is 0 Å². The summed E-state index contributed by atoms with van der Waals surface area (Å²) < 4.78 is 5.30. The van der Waals surface area contributed by atoms with Gasteiger partial charge in [-0.25, -0.2) is 0 Å². The Balaban J connectivity index is 1.66. The van der Waals surface area contributed by atoms with E-state index in [4.69, 9.17) is 10.5 Å². The summed E-state index contributed by atoms with van der Waals surface area (Å²) in [6, 6.07) is 0. The third kappa shape index (κ3) is 3.68. The van der Waals surface area contributed by atoms with E-state index in [-0.39, 0.29) is 11.8 Å². The number of hydrogen-bond donors (Lipinski definition) is 2. The van der Waals surface area contributed by atoms with Crippen LogP contribution < -0.4 is 11.1 Å². The predicted octanol–water partition coefficient (Wildman–Crippen LogP) is 0.904. The molecule has 1 saturated carbocycles. The second-order valence-corrected chi connectivity index (χ2v) is 5.43. The Hall–Kier alpha value is -0.610. The fourth-order valence-corrected chi connectivity index (χ4v) is 2.79. The lowest BCUT2D eigenvalue weighted by Crippen LogP contribution is -2.37. The molecule has 17 heavy (non-hydrogen) atoms. The minimum absolute atomic E-state index is 0.222. The maximum absolute atomic E-state index is 12.0. The highest BCUT2D eigenvalue weighted by molar-refractivity contribution is 5.78. The number of ether oxygens (including phenoxy) is 1. The first-order chi connectivity index (χ1) is 8.29. The molecule has 1 aliphatic carbocycles. The zero-order valence-electron chi connectivity index (χ0n) is 10.5. The van der Waals surface area contributed by atoms with E-state index in [0.29, 0.717) is 11.8 Å². The van der Waals surface area contributed by atoms with Gasteiger partial charge < -0.3 is 15.8 Å². The molecular formula is C13H24N2O2. The number of amides is 1. The van der Waals surface area contributed by atoms with E-state index in [0.717, 1.165) is 58.4 Å². The topological polar surface area (TPSA) is 64.4 Å². The molecule has 1 aliphatic heterocycles. The summed E-state index contributed by atoms with van der Waals surface area (Å²) in [5.41, 5.74) is 5.65. The van der Waals surface area contributed by atoms with Crippen molar-refractivity contribution in [3.8, 4) is 0 Å². The number of carbonyl (C=O) groups excluding carboxylic acids is 1. The van der Waals surface area contributed by atoms with Gasteiger partial charge in [0.25, 0.3) is 0 Å². The highest BCUT2D eigenvalue weighted by Gasteiger charge is 2.26. The van der Waals surface area contributed by atoms with Crippen LogP contribution in [-0.2, 0) is 9.53 Å². The molecule has 2 aliphatic rings. The lowest BCUT2D eigenvalue weighted by Gasteiger charge is -2.27. The van der Waals surface area contributed by atoms with Crippen LogP contribution in [0.2, 0.25) is 0 Å². The molecule has 1 heterocycles. The summed E-state index contributed by atoms with van der Waals surface area (Å²) in [5.74, 6) is 1.63. The van der Waals surface area contributed by atoms with Gasteiger partial charge in [0.2, 0.25) is 5.91 Å². The second-order valence-electron chi connectivity index (χ2n) is 5.43. The Bertz CT molecular complexity index is 244. The van der Waals surface area contributed by atoms with Gasteiger partial charge in [-0.3, -0.25) is 4.79 Å². The van der Waals surface area contributed by atoms with Crippen molar-refractivity contribution in [2.75, 3.05) is 26.3 Å². The van der Waals surface area contributed by atoms with Gasteiger partial charge in [0.05, 0.1) is 6.61 Å². The molecule has 4 nitrogen and oxygen atoms in total. The molecule has 1 unspecified atom stereocenters. The minimum Gasteiger partial charge on any atom is -0.381 e. The Morgan fingerprint density at radius 2 is 1.94 bits per heavy atom. The summed E-state index contributed by atoms with van der Waals surface area (Å²) >= 11 is 0. The largest absolute Gasteiger partial charge is 0.381 e. The smallest absolute Gasteiger partial charge is 0.223 e. The zero-order chi connectivity index (χ0) is 12.1. The number of carbonyl (C=O) groups is 1. The molecular weight excluding hydrogens is 216 g/mol. The molecule has 1 saturated heterocycles. The molecule has 1 atom stereocenters. The van der Waals surface area contributed by atoms with Crippen LogP contribution in [0.3, 0.4) is 0 Å². The van der Waals surface area contributed by atoms with Crippen LogP contribution in [0, 0.1) is 17.8 Å². The van der Waals surface area contributed by atoms with Crippen LogP contribution >= 0.6 is 0 Å². The van der Waals surface area contributed by atoms with Crippen molar-refractivity contribution in [3.63, 3.8) is 0 Å². The lowest BCUT2D eigenvalue weighted by molar-refractivity contribution is -0.126. The Morgan fingerprint density at radius 3 is 2.53 bits per heavy atom. The SMILES string of the molecule is NCC1CCC(C(=O)NCC2CCOC2)CC1. The minimum atomic E-state index is 0.222. The highest BCUT2D eigenvalue weighted by atomic mass is 16.5. The van der Waals surface area contributed by atoms with Gasteiger partial charge in [0.15, 0.2) is 0 Å². The van der Waals surface area contributed by atoms with Gasteiger partial charge in [0, 0.05) is 25.0 Å². The number of rotatable bonds is 4. The van der Waals surface area contributed by atoms with E-state index in [2.05, 4.69) is 5.32 Å². The van der Waals surface area contributed by atoms with E-state index < -0.39 is 0 Å². The number of nitrogens with one attached hydrogen (secondary N) is 1. The van der Waals surface area contributed by atoms with Crippen molar-refractivity contribution in [3.05, 3.63) is 0 Å².